The molecule has 4 aliphatic carbocycles. The van der Waals surface area contributed by atoms with Gasteiger partial charge in [0.25, 0.3) is 0 Å². The highest BCUT2D eigenvalue weighted by Crippen LogP contribution is 2.66. The summed E-state index contributed by atoms with van der Waals surface area (Å²) in [5.41, 5.74) is 0.795. The van der Waals surface area contributed by atoms with E-state index in [2.05, 4.69) is 24.4 Å². The lowest BCUT2D eigenvalue weighted by molar-refractivity contribution is -0.152. The van der Waals surface area contributed by atoms with E-state index in [0.717, 1.165) is 18.3 Å². The molecule has 1 aromatic rings. The lowest BCUT2D eigenvalue weighted by Gasteiger charge is -2.62. The molecule has 0 radical (unpaired) electrons. The van der Waals surface area contributed by atoms with Crippen LogP contribution in [-0.4, -0.2) is 11.2 Å². The van der Waals surface area contributed by atoms with Gasteiger partial charge in [-0.1, -0.05) is 13.0 Å². The summed E-state index contributed by atoms with van der Waals surface area (Å²) in [6, 6.07) is 4.28. The zero-order valence-electron chi connectivity index (χ0n) is 11.8. The van der Waals surface area contributed by atoms with Crippen LogP contribution in [0.25, 0.3) is 0 Å². The van der Waals surface area contributed by atoms with E-state index >= 15 is 0 Å². The van der Waals surface area contributed by atoms with Crippen molar-refractivity contribution in [2.45, 2.75) is 58.0 Å². The first kappa shape index (κ1) is 12.4. The number of rotatable bonds is 3. The first-order valence-corrected chi connectivity index (χ1v) is 8.65. The van der Waals surface area contributed by atoms with Crippen LogP contribution in [-0.2, 0) is 6.42 Å². The molecule has 4 aliphatic rings. The fraction of sp³-hybridized carbons (Fsp3) is 0.765. The number of aliphatic hydroxyl groups excluding tert-OH is 1. The summed E-state index contributed by atoms with van der Waals surface area (Å²) in [7, 11) is 0. The SMILES string of the molecule is CC12CC3CC(C1)CC(C(O)Cc1cccs1)(C3)C2. The van der Waals surface area contributed by atoms with Crippen molar-refractivity contribution in [3.63, 3.8) is 0 Å². The van der Waals surface area contributed by atoms with Crippen molar-refractivity contribution in [3.05, 3.63) is 22.4 Å². The molecule has 104 valence electrons. The van der Waals surface area contributed by atoms with Crippen molar-refractivity contribution >= 4 is 11.3 Å². The van der Waals surface area contributed by atoms with Gasteiger partial charge in [-0.05, 0) is 72.6 Å². The predicted molar refractivity (Wildman–Crippen MR) is 79.3 cm³/mol. The summed E-state index contributed by atoms with van der Waals surface area (Å²) in [5, 5.41) is 13.0. The highest BCUT2D eigenvalue weighted by Gasteiger charge is 2.58. The van der Waals surface area contributed by atoms with Crippen LogP contribution in [0, 0.1) is 22.7 Å². The van der Waals surface area contributed by atoms with Crippen molar-refractivity contribution in [3.8, 4) is 0 Å². The first-order chi connectivity index (χ1) is 9.07. The summed E-state index contributed by atoms with van der Waals surface area (Å²) in [4.78, 5) is 1.35. The van der Waals surface area contributed by atoms with Crippen LogP contribution < -0.4 is 0 Å². The number of hydrogen-bond acceptors (Lipinski definition) is 2. The molecule has 1 aromatic heterocycles. The van der Waals surface area contributed by atoms with Gasteiger partial charge in [-0.25, -0.2) is 0 Å². The van der Waals surface area contributed by atoms with Crippen molar-refractivity contribution in [2.75, 3.05) is 0 Å². The van der Waals surface area contributed by atoms with Gasteiger partial charge in [0.1, 0.15) is 0 Å². The molecular weight excluding hydrogens is 252 g/mol. The molecule has 0 spiro atoms. The molecule has 1 heterocycles. The molecule has 2 heteroatoms. The Morgan fingerprint density at radius 1 is 1.32 bits per heavy atom. The summed E-state index contributed by atoms with van der Waals surface area (Å²) in [6.45, 7) is 2.48. The second kappa shape index (κ2) is 4.08. The molecule has 3 atom stereocenters. The highest BCUT2D eigenvalue weighted by atomic mass is 32.1. The molecule has 0 aromatic carbocycles. The topological polar surface area (TPSA) is 20.2 Å². The van der Waals surface area contributed by atoms with Gasteiger partial charge < -0.3 is 5.11 Å². The number of aliphatic hydroxyl groups is 1. The minimum atomic E-state index is -0.114. The molecule has 1 nitrogen and oxygen atoms in total. The van der Waals surface area contributed by atoms with Gasteiger partial charge >= 0.3 is 0 Å². The van der Waals surface area contributed by atoms with Crippen LogP contribution in [0.2, 0.25) is 0 Å². The normalized spacial score (nSPS) is 45.6. The predicted octanol–water partition coefficient (Wildman–Crippen LogP) is 4.26. The van der Waals surface area contributed by atoms with E-state index in [9.17, 15) is 5.11 Å². The van der Waals surface area contributed by atoms with Gasteiger partial charge in [0.15, 0.2) is 0 Å². The van der Waals surface area contributed by atoms with Crippen molar-refractivity contribution in [2.24, 2.45) is 22.7 Å². The van der Waals surface area contributed by atoms with Crippen LogP contribution in [0.4, 0.5) is 0 Å². The van der Waals surface area contributed by atoms with Crippen molar-refractivity contribution < 1.29 is 5.11 Å². The molecule has 4 saturated carbocycles. The Balaban J connectivity index is 1.59. The average Bonchev–Trinajstić information content (AvgIpc) is 2.78. The smallest absolute Gasteiger partial charge is 0.0644 e. The van der Waals surface area contributed by atoms with Gasteiger partial charge in [0, 0.05) is 11.3 Å². The molecule has 0 aliphatic heterocycles. The van der Waals surface area contributed by atoms with E-state index in [1.807, 2.05) is 0 Å². The van der Waals surface area contributed by atoms with E-state index in [1.165, 1.54) is 43.4 Å². The van der Waals surface area contributed by atoms with Crippen LogP contribution in [0.3, 0.4) is 0 Å². The van der Waals surface area contributed by atoms with E-state index in [1.54, 1.807) is 11.3 Å². The minimum absolute atomic E-state index is 0.114. The Labute approximate surface area is 120 Å². The minimum Gasteiger partial charge on any atom is -0.392 e. The van der Waals surface area contributed by atoms with Crippen LogP contribution in [0.15, 0.2) is 17.5 Å². The highest BCUT2D eigenvalue weighted by molar-refractivity contribution is 7.09. The second-order valence-electron chi connectivity index (χ2n) is 7.93. The lowest BCUT2D eigenvalue weighted by atomic mass is 9.43. The Morgan fingerprint density at radius 3 is 2.63 bits per heavy atom. The first-order valence-electron chi connectivity index (χ1n) is 7.77. The zero-order chi connectivity index (χ0) is 13.1. The van der Waals surface area contributed by atoms with Crippen LogP contribution in [0.5, 0.6) is 0 Å². The quantitative estimate of drug-likeness (QED) is 0.874. The van der Waals surface area contributed by atoms with Crippen molar-refractivity contribution in [1.82, 2.24) is 0 Å². The molecule has 3 unspecified atom stereocenters. The van der Waals surface area contributed by atoms with Crippen molar-refractivity contribution in [1.29, 1.82) is 0 Å². The molecular formula is C17H24OS. The summed E-state index contributed by atoms with van der Waals surface area (Å²) < 4.78 is 0. The standard InChI is InChI=1S/C17H24OS/c1-16-7-12-5-13(8-16)10-17(9-12,11-16)15(18)6-14-3-2-4-19-14/h2-4,12-13,15,18H,5-11H2,1H3. The number of thiophene rings is 1. The fourth-order valence-electron chi connectivity index (χ4n) is 6.02. The lowest BCUT2D eigenvalue weighted by Crippen LogP contribution is -2.55. The molecule has 0 saturated heterocycles. The monoisotopic (exact) mass is 276 g/mol. The maximum Gasteiger partial charge on any atom is 0.0644 e. The Bertz CT molecular complexity index is 450. The second-order valence-corrected chi connectivity index (χ2v) is 8.97. The molecule has 4 fully saturated rings. The van der Waals surface area contributed by atoms with E-state index < -0.39 is 0 Å². The van der Waals surface area contributed by atoms with Crippen LogP contribution in [0.1, 0.15) is 50.3 Å². The maximum atomic E-state index is 10.9. The summed E-state index contributed by atoms with van der Waals surface area (Å²) in [6.07, 6.45) is 8.94. The van der Waals surface area contributed by atoms with Gasteiger partial charge in [0.2, 0.25) is 0 Å². The Morgan fingerprint density at radius 2 is 2.05 bits per heavy atom. The van der Waals surface area contributed by atoms with Gasteiger partial charge in [0.05, 0.1) is 6.10 Å². The Kier molecular flexibility index (Phi) is 2.66. The maximum absolute atomic E-state index is 10.9. The van der Waals surface area contributed by atoms with Gasteiger partial charge in [-0.2, -0.15) is 0 Å². The van der Waals surface area contributed by atoms with E-state index in [4.69, 9.17) is 0 Å². The molecule has 5 rings (SSSR count). The fourth-order valence-corrected chi connectivity index (χ4v) is 6.77. The molecule has 1 N–H and O–H groups in total. The Hall–Kier alpha value is -0.340. The third-order valence-electron chi connectivity index (χ3n) is 6.08. The average molecular weight is 276 g/mol. The van der Waals surface area contributed by atoms with E-state index in [0.29, 0.717) is 5.41 Å². The third kappa shape index (κ3) is 1.99. The van der Waals surface area contributed by atoms with E-state index in [-0.39, 0.29) is 11.5 Å². The molecule has 19 heavy (non-hydrogen) atoms. The molecule has 0 amide bonds. The number of hydrogen-bond donors (Lipinski definition) is 1. The third-order valence-corrected chi connectivity index (χ3v) is 6.98. The molecule has 4 bridgehead atoms. The van der Waals surface area contributed by atoms with Crippen LogP contribution >= 0.6 is 11.3 Å². The zero-order valence-corrected chi connectivity index (χ0v) is 12.6. The summed E-state index contributed by atoms with van der Waals surface area (Å²) in [5.74, 6) is 1.81. The summed E-state index contributed by atoms with van der Waals surface area (Å²) >= 11 is 1.79. The largest absolute Gasteiger partial charge is 0.392 e. The van der Waals surface area contributed by atoms with Gasteiger partial charge in [-0.3, -0.25) is 0 Å². The van der Waals surface area contributed by atoms with Gasteiger partial charge in [-0.15, -0.1) is 11.3 Å².